The molecule has 0 aliphatic rings. The number of rotatable bonds is 5. The topological polar surface area (TPSA) is 74.3 Å². The van der Waals surface area contributed by atoms with Crippen molar-refractivity contribution in [3.63, 3.8) is 0 Å². The van der Waals surface area contributed by atoms with Gasteiger partial charge >= 0.3 is 0 Å². The molecule has 0 aliphatic carbocycles. The fraction of sp³-hybridized carbons (Fsp3) is 0.308. The van der Waals surface area contributed by atoms with E-state index < -0.39 is 6.10 Å². The molecule has 0 bridgehead atoms. The van der Waals surface area contributed by atoms with Crippen LogP contribution in [-0.2, 0) is 4.74 Å². The maximum atomic E-state index is 11.9. The number of H-pyrrole nitrogens is 1. The van der Waals surface area contributed by atoms with Gasteiger partial charge in [0.05, 0.1) is 12.7 Å². The standard InChI is InChI=1S/C13H15ClN2O3/c1-19-7-10(17)6-15-13(18)12-4-8-2-3-9(14)5-11(8)16-12/h2-5,10,16-17H,6-7H2,1H3,(H,15,18). The van der Waals surface area contributed by atoms with Crippen molar-refractivity contribution >= 4 is 28.4 Å². The van der Waals surface area contributed by atoms with Crippen molar-refractivity contribution in [2.24, 2.45) is 0 Å². The molecule has 0 saturated heterocycles. The van der Waals surface area contributed by atoms with E-state index in [1.54, 1.807) is 18.2 Å². The number of amides is 1. The molecule has 0 fully saturated rings. The summed E-state index contributed by atoms with van der Waals surface area (Å²) >= 11 is 5.88. The number of methoxy groups -OCH3 is 1. The minimum Gasteiger partial charge on any atom is -0.389 e. The van der Waals surface area contributed by atoms with Crippen LogP contribution in [0.25, 0.3) is 10.9 Å². The Morgan fingerprint density at radius 3 is 3.05 bits per heavy atom. The molecule has 6 heteroatoms. The van der Waals surface area contributed by atoms with Gasteiger partial charge in [-0.1, -0.05) is 17.7 Å². The average molecular weight is 283 g/mol. The summed E-state index contributed by atoms with van der Waals surface area (Å²) in [6.07, 6.45) is -0.715. The van der Waals surface area contributed by atoms with Crippen LogP contribution in [0, 0.1) is 0 Å². The number of aliphatic hydroxyl groups is 1. The zero-order valence-electron chi connectivity index (χ0n) is 10.4. The van der Waals surface area contributed by atoms with Crippen molar-refractivity contribution in [3.05, 3.63) is 35.0 Å². The fourth-order valence-corrected chi connectivity index (χ4v) is 1.95. The predicted octanol–water partition coefficient (Wildman–Crippen LogP) is 1.56. The third-order valence-electron chi connectivity index (χ3n) is 2.69. The van der Waals surface area contributed by atoms with Gasteiger partial charge in [-0.05, 0) is 18.2 Å². The van der Waals surface area contributed by atoms with Gasteiger partial charge in [-0.25, -0.2) is 0 Å². The van der Waals surface area contributed by atoms with Crippen LogP contribution in [0.1, 0.15) is 10.5 Å². The summed E-state index contributed by atoms with van der Waals surface area (Å²) in [5.41, 5.74) is 1.23. The number of nitrogens with one attached hydrogen (secondary N) is 2. The summed E-state index contributed by atoms with van der Waals surface area (Å²) in [4.78, 5) is 14.9. The molecule has 0 spiro atoms. The van der Waals surface area contributed by atoms with E-state index in [0.29, 0.717) is 10.7 Å². The van der Waals surface area contributed by atoms with Crippen LogP contribution in [0.3, 0.4) is 0 Å². The zero-order valence-corrected chi connectivity index (χ0v) is 11.2. The number of aromatic nitrogens is 1. The lowest BCUT2D eigenvalue weighted by Gasteiger charge is -2.09. The van der Waals surface area contributed by atoms with Gasteiger partial charge in [-0.2, -0.15) is 0 Å². The number of hydrogen-bond donors (Lipinski definition) is 3. The van der Waals surface area contributed by atoms with E-state index in [2.05, 4.69) is 10.3 Å². The number of ether oxygens (including phenoxy) is 1. The molecular formula is C13H15ClN2O3. The van der Waals surface area contributed by atoms with Gasteiger partial charge in [0.25, 0.3) is 5.91 Å². The molecule has 0 radical (unpaired) electrons. The number of carbonyl (C=O) groups is 1. The molecule has 1 atom stereocenters. The third-order valence-corrected chi connectivity index (χ3v) is 2.92. The number of benzene rings is 1. The second-order valence-corrected chi connectivity index (χ2v) is 4.67. The lowest BCUT2D eigenvalue weighted by molar-refractivity contribution is 0.0609. The number of aromatic amines is 1. The summed E-state index contributed by atoms with van der Waals surface area (Å²) in [6, 6.07) is 7.10. The van der Waals surface area contributed by atoms with Crippen molar-refractivity contribution in [3.8, 4) is 0 Å². The predicted molar refractivity (Wildman–Crippen MR) is 73.5 cm³/mol. The van der Waals surface area contributed by atoms with Crippen LogP contribution in [0.4, 0.5) is 0 Å². The quantitative estimate of drug-likeness (QED) is 0.779. The number of carbonyl (C=O) groups excluding carboxylic acids is 1. The molecule has 2 rings (SSSR count). The van der Waals surface area contributed by atoms with Gasteiger partial charge in [-0.3, -0.25) is 4.79 Å². The van der Waals surface area contributed by atoms with Crippen LogP contribution in [0.5, 0.6) is 0 Å². The molecule has 1 unspecified atom stereocenters. The molecule has 2 aromatic rings. The van der Waals surface area contributed by atoms with Gasteiger partial charge in [0.2, 0.25) is 0 Å². The molecule has 5 nitrogen and oxygen atoms in total. The van der Waals surface area contributed by atoms with E-state index in [9.17, 15) is 9.90 Å². The summed E-state index contributed by atoms with van der Waals surface area (Å²) in [5, 5.41) is 13.6. The van der Waals surface area contributed by atoms with Crippen molar-refractivity contribution in [2.45, 2.75) is 6.10 Å². The van der Waals surface area contributed by atoms with Crippen LogP contribution < -0.4 is 5.32 Å². The lowest BCUT2D eigenvalue weighted by Crippen LogP contribution is -2.34. The van der Waals surface area contributed by atoms with Crippen molar-refractivity contribution in [1.29, 1.82) is 0 Å². The van der Waals surface area contributed by atoms with Gasteiger partial charge < -0.3 is 20.1 Å². The molecular weight excluding hydrogens is 268 g/mol. The number of aliphatic hydroxyl groups excluding tert-OH is 1. The number of fused-ring (bicyclic) bond motifs is 1. The van der Waals surface area contributed by atoms with E-state index in [-0.39, 0.29) is 19.1 Å². The minimum atomic E-state index is -0.715. The summed E-state index contributed by atoms with van der Waals surface area (Å²) < 4.78 is 4.78. The third kappa shape index (κ3) is 3.47. The Balaban J connectivity index is 2.05. The van der Waals surface area contributed by atoms with E-state index in [1.165, 1.54) is 7.11 Å². The Kier molecular flexibility index (Phi) is 4.42. The summed E-state index contributed by atoms with van der Waals surface area (Å²) in [5.74, 6) is -0.275. The fourth-order valence-electron chi connectivity index (χ4n) is 1.78. The van der Waals surface area contributed by atoms with Crippen LogP contribution in [-0.4, -0.2) is 42.4 Å². The van der Waals surface area contributed by atoms with E-state index >= 15 is 0 Å². The highest BCUT2D eigenvalue weighted by Crippen LogP contribution is 2.19. The van der Waals surface area contributed by atoms with Crippen molar-refractivity contribution in [1.82, 2.24) is 10.3 Å². The smallest absolute Gasteiger partial charge is 0.267 e. The van der Waals surface area contributed by atoms with Gasteiger partial charge in [0.15, 0.2) is 0 Å². The largest absolute Gasteiger partial charge is 0.389 e. The summed E-state index contributed by atoms with van der Waals surface area (Å²) in [7, 11) is 1.49. The second kappa shape index (κ2) is 6.06. The average Bonchev–Trinajstić information content (AvgIpc) is 2.79. The first-order valence-corrected chi connectivity index (χ1v) is 6.21. The van der Waals surface area contributed by atoms with E-state index in [1.807, 2.05) is 6.07 Å². The molecule has 1 heterocycles. The van der Waals surface area contributed by atoms with E-state index in [0.717, 1.165) is 10.9 Å². The maximum Gasteiger partial charge on any atom is 0.267 e. The Bertz CT molecular complexity index is 582. The lowest BCUT2D eigenvalue weighted by atomic mass is 10.2. The first kappa shape index (κ1) is 13.9. The molecule has 1 amide bonds. The Morgan fingerprint density at radius 1 is 1.53 bits per heavy atom. The minimum absolute atomic E-state index is 0.142. The highest BCUT2D eigenvalue weighted by Gasteiger charge is 2.11. The van der Waals surface area contributed by atoms with Crippen LogP contribution in [0.2, 0.25) is 5.02 Å². The molecule has 19 heavy (non-hydrogen) atoms. The molecule has 0 saturated carbocycles. The Morgan fingerprint density at radius 2 is 2.32 bits per heavy atom. The molecule has 1 aromatic carbocycles. The van der Waals surface area contributed by atoms with Crippen molar-refractivity contribution < 1.29 is 14.6 Å². The highest BCUT2D eigenvalue weighted by molar-refractivity contribution is 6.31. The van der Waals surface area contributed by atoms with Crippen LogP contribution >= 0.6 is 11.6 Å². The number of halogens is 1. The monoisotopic (exact) mass is 282 g/mol. The highest BCUT2D eigenvalue weighted by atomic mass is 35.5. The first-order valence-electron chi connectivity index (χ1n) is 5.83. The molecule has 0 aliphatic heterocycles. The Labute approximate surface area is 115 Å². The van der Waals surface area contributed by atoms with E-state index in [4.69, 9.17) is 16.3 Å². The Hall–Kier alpha value is -1.56. The zero-order chi connectivity index (χ0) is 13.8. The maximum absolute atomic E-state index is 11.9. The second-order valence-electron chi connectivity index (χ2n) is 4.23. The van der Waals surface area contributed by atoms with Crippen molar-refractivity contribution in [2.75, 3.05) is 20.3 Å². The molecule has 1 aromatic heterocycles. The summed E-state index contributed by atoms with van der Waals surface area (Å²) in [6.45, 7) is 0.325. The van der Waals surface area contributed by atoms with Gasteiger partial charge in [0.1, 0.15) is 5.69 Å². The van der Waals surface area contributed by atoms with Crippen LogP contribution in [0.15, 0.2) is 24.3 Å². The number of hydrogen-bond acceptors (Lipinski definition) is 3. The van der Waals surface area contributed by atoms with Gasteiger partial charge in [0, 0.05) is 29.6 Å². The molecule has 3 N–H and O–H groups in total. The molecule has 102 valence electrons. The van der Waals surface area contributed by atoms with Gasteiger partial charge in [-0.15, -0.1) is 0 Å². The normalized spacial score (nSPS) is 12.6. The SMILES string of the molecule is COCC(O)CNC(=O)c1cc2ccc(Cl)cc2[nH]1. The first-order chi connectivity index (χ1) is 9.10.